The van der Waals surface area contributed by atoms with E-state index in [-0.39, 0.29) is 23.7 Å². The summed E-state index contributed by atoms with van der Waals surface area (Å²) >= 11 is 0. The van der Waals surface area contributed by atoms with Gasteiger partial charge in [0.25, 0.3) is 0 Å². The number of carbonyl (C=O) groups is 2. The molecule has 2 aliphatic heterocycles. The predicted octanol–water partition coefficient (Wildman–Crippen LogP) is 1.22. The first-order valence-corrected chi connectivity index (χ1v) is 8.92. The van der Waals surface area contributed by atoms with Gasteiger partial charge in [0.05, 0.1) is 5.92 Å². The molecule has 2 aromatic heterocycles. The minimum Gasteiger partial charge on any atom is -0.343 e. The molecule has 0 radical (unpaired) electrons. The molecule has 0 saturated carbocycles. The Kier molecular flexibility index (Phi) is 4.64. The van der Waals surface area contributed by atoms with E-state index in [9.17, 15) is 9.59 Å². The lowest BCUT2D eigenvalue weighted by Gasteiger charge is -2.32. The Labute approximate surface area is 151 Å². The quantitative estimate of drug-likeness (QED) is 0.819. The van der Waals surface area contributed by atoms with E-state index >= 15 is 0 Å². The van der Waals surface area contributed by atoms with Gasteiger partial charge >= 0.3 is 0 Å². The van der Waals surface area contributed by atoms with Crippen molar-refractivity contribution in [2.45, 2.75) is 31.7 Å². The van der Waals surface area contributed by atoms with E-state index in [2.05, 4.69) is 15.1 Å². The Hall–Kier alpha value is -2.77. The largest absolute Gasteiger partial charge is 0.343 e. The molecular formula is C18H21N5O3. The fraction of sp³-hybridized carbons (Fsp3) is 0.500. The fourth-order valence-electron chi connectivity index (χ4n) is 3.77. The summed E-state index contributed by atoms with van der Waals surface area (Å²) in [6.45, 7) is 2.37. The number of piperidine rings is 1. The van der Waals surface area contributed by atoms with Crippen LogP contribution >= 0.6 is 0 Å². The molecule has 1 atom stereocenters. The SMILES string of the molecule is O=C1CC(C(=O)N2CCC(c3ncon3)CC2)CN1Cc1ccncc1. The molecule has 136 valence electrons. The molecule has 1 unspecified atom stereocenters. The number of amides is 2. The first-order valence-electron chi connectivity index (χ1n) is 8.92. The molecule has 2 saturated heterocycles. The number of likely N-dealkylation sites (tertiary alicyclic amines) is 2. The van der Waals surface area contributed by atoms with Crippen molar-refractivity contribution >= 4 is 11.8 Å². The Morgan fingerprint density at radius 2 is 2.00 bits per heavy atom. The van der Waals surface area contributed by atoms with Gasteiger partial charge in [0.1, 0.15) is 0 Å². The number of pyridine rings is 1. The average molecular weight is 355 g/mol. The van der Waals surface area contributed by atoms with Crippen LogP contribution in [0.3, 0.4) is 0 Å². The van der Waals surface area contributed by atoms with E-state index in [1.807, 2.05) is 17.0 Å². The topological polar surface area (TPSA) is 92.4 Å². The smallest absolute Gasteiger partial charge is 0.227 e. The Bertz CT molecular complexity index is 756. The second-order valence-corrected chi connectivity index (χ2v) is 6.92. The van der Waals surface area contributed by atoms with E-state index in [1.165, 1.54) is 6.39 Å². The van der Waals surface area contributed by atoms with E-state index in [4.69, 9.17) is 4.52 Å². The standard InChI is InChI=1S/C18H21N5O3/c24-16-9-15(11-23(16)10-13-1-5-19-6-2-13)18(25)22-7-3-14(4-8-22)17-20-12-26-21-17/h1-2,5-6,12,14-15H,3-4,7-11H2. The van der Waals surface area contributed by atoms with Crippen LogP contribution in [-0.4, -0.2) is 56.4 Å². The van der Waals surface area contributed by atoms with Gasteiger partial charge in [0.2, 0.25) is 18.2 Å². The zero-order chi connectivity index (χ0) is 17.9. The van der Waals surface area contributed by atoms with Crippen LogP contribution in [0.5, 0.6) is 0 Å². The van der Waals surface area contributed by atoms with E-state index in [0.717, 1.165) is 24.2 Å². The van der Waals surface area contributed by atoms with Crippen LogP contribution in [0, 0.1) is 5.92 Å². The van der Waals surface area contributed by atoms with Gasteiger partial charge in [0.15, 0.2) is 5.82 Å². The number of carbonyl (C=O) groups excluding carboxylic acids is 2. The molecule has 0 aromatic carbocycles. The summed E-state index contributed by atoms with van der Waals surface area (Å²) in [5.41, 5.74) is 1.03. The summed E-state index contributed by atoms with van der Waals surface area (Å²) in [6.07, 6.45) is 6.72. The molecule has 2 aromatic rings. The van der Waals surface area contributed by atoms with Crippen LogP contribution in [0.2, 0.25) is 0 Å². The van der Waals surface area contributed by atoms with Crippen molar-refractivity contribution in [2.75, 3.05) is 19.6 Å². The van der Waals surface area contributed by atoms with Crippen LogP contribution in [0.15, 0.2) is 35.4 Å². The summed E-state index contributed by atoms with van der Waals surface area (Å²) in [5, 5.41) is 3.90. The average Bonchev–Trinajstić information content (AvgIpc) is 3.33. The van der Waals surface area contributed by atoms with E-state index < -0.39 is 0 Å². The van der Waals surface area contributed by atoms with Gasteiger partial charge < -0.3 is 14.3 Å². The van der Waals surface area contributed by atoms with Crippen molar-refractivity contribution in [1.29, 1.82) is 0 Å². The molecule has 2 aliphatic rings. The third-order valence-electron chi connectivity index (χ3n) is 5.24. The molecule has 0 spiro atoms. The lowest BCUT2D eigenvalue weighted by Crippen LogP contribution is -2.42. The van der Waals surface area contributed by atoms with Crippen LogP contribution in [0.4, 0.5) is 0 Å². The Morgan fingerprint density at radius 1 is 1.23 bits per heavy atom. The zero-order valence-corrected chi connectivity index (χ0v) is 14.5. The highest BCUT2D eigenvalue weighted by Crippen LogP contribution is 2.28. The summed E-state index contributed by atoms with van der Waals surface area (Å²) in [6, 6.07) is 3.79. The molecule has 0 aliphatic carbocycles. The molecule has 2 amide bonds. The summed E-state index contributed by atoms with van der Waals surface area (Å²) < 4.78 is 4.81. The van der Waals surface area contributed by atoms with Gasteiger partial charge in [-0.25, -0.2) is 0 Å². The molecule has 26 heavy (non-hydrogen) atoms. The van der Waals surface area contributed by atoms with Crippen molar-refractivity contribution in [3.63, 3.8) is 0 Å². The van der Waals surface area contributed by atoms with Gasteiger partial charge in [-0.05, 0) is 30.5 Å². The normalized spacial score (nSPS) is 21.4. The van der Waals surface area contributed by atoms with Crippen LogP contribution in [-0.2, 0) is 16.1 Å². The summed E-state index contributed by atoms with van der Waals surface area (Å²) in [5.74, 6) is 0.845. The van der Waals surface area contributed by atoms with Crippen molar-refractivity contribution in [1.82, 2.24) is 24.9 Å². The molecule has 0 N–H and O–H groups in total. The highest BCUT2D eigenvalue weighted by atomic mass is 16.5. The van der Waals surface area contributed by atoms with Crippen LogP contribution < -0.4 is 0 Å². The van der Waals surface area contributed by atoms with E-state index in [0.29, 0.717) is 32.6 Å². The molecule has 4 rings (SSSR count). The van der Waals surface area contributed by atoms with Crippen molar-refractivity contribution < 1.29 is 14.1 Å². The molecule has 4 heterocycles. The summed E-state index contributed by atoms with van der Waals surface area (Å²) in [4.78, 5) is 36.9. The molecule has 0 bridgehead atoms. The Balaban J connectivity index is 1.32. The third-order valence-corrected chi connectivity index (χ3v) is 5.24. The highest BCUT2D eigenvalue weighted by molar-refractivity contribution is 5.89. The number of rotatable bonds is 4. The van der Waals surface area contributed by atoms with Gasteiger partial charge in [-0.15, -0.1) is 0 Å². The van der Waals surface area contributed by atoms with Crippen molar-refractivity contribution in [3.05, 3.63) is 42.3 Å². The van der Waals surface area contributed by atoms with Gasteiger partial charge in [-0.3, -0.25) is 14.6 Å². The monoisotopic (exact) mass is 355 g/mol. The number of hydrogen-bond donors (Lipinski definition) is 0. The second-order valence-electron chi connectivity index (χ2n) is 6.92. The second kappa shape index (κ2) is 7.23. The maximum absolute atomic E-state index is 12.8. The maximum atomic E-state index is 12.8. The van der Waals surface area contributed by atoms with Crippen molar-refractivity contribution in [2.24, 2.45) is 5.92 Å². The van der Waals surface area contributed by atoms with Gasteiger partial charge in [-0.1, -0.05) is 5.16 Å². The zero-order valence-electron chi connectivity index (χ0n) is 14.5. The first kappa shape index (κ1) is 16.7. The highest BCUT2D eigenvalue weighted by Gasteiger charge is 2.37. The van der Waals surface area contributed by atoms with Crippen LogP contribution in [0.25, 0.3) is 0 Å². The molecule has 2 fully saturated rings. The van der Waals surface area contributed by atoms with E-state index in [1.54, 1.807) is 17.3 Å². The number of nitrogens with zero attached hydrogens (tertiary/aromatic N) is 5. The van der Waals surface area contributed by atoms with Crippen molar-refractivity contribution in [3.8, 4) is 0 Å². The lowest BCUT2D eigenvalue weighted by molar-refractivity contribution is -0.136. The first-order chi connectivity index (χ1) is 12.7. The molecule has 8 heteroatoms. The maximum Gasteiger partial charge on any atom is 0.227 e. The fourth-order valence-corrected chi connectivity index (χ4v) is 3.77. The Morgan fingerprint density at radius 3 is 2.69 bits per heavy atom. The minimum atomic E-state index is -0.244. The third kappa shape index (κ3) is 3.44. The predicted molar refractivity (Wildman–Crippen MR) is 90.6 cm³/mol. The summed E-state index contributed by atoms with van der Waals surface area (Å²) in [7, 11) is 0. The van der Waals surface area contributed by atoms with Gasteiger partial charge in [-0.2, -0.15) is 4.98 Å². The minimum absolute atomic E-state index is 0.0434. The van der Waals surface area contributed by atoms with Crippen LogP contribution in [0.1, 0.15) is 36.6 Å². The van der Waals surface area contributed by atoms with Gasteiger partial charge in [0, 0.05) is 50.9 Å². The molecule has 8 nitrogen and oxygen atoms in total. The molecular weight excluding hydrogens is 334 g/mol. The number of aromatic nitrogens is 3. The number of hydrogen-bond acceptors (Lipinski definition) is 6. The lowest BCUT2D eigenvalue weighted by atomic mass is 9.95.